The fourth-order valence-electron chi connectivity index (χ4n) is 2.24. The number of benzene rings is 1. The van der Waals surface area contributed by atoms with Gasteiger partial charge in [0.15, 0.2) is 0 Å². The Kier molecular flexibility index (Phi) is 3.75. The predicted octanol–water partition coefficient (Wildman–Crippen LogP) is 1.29. The number of hydrogen-bond acceptors (Lipinski definition) is 3. The molecule has 1 N–H and O–H groups in total. The van der Waals surface area contributed by atoms with Crippen molar-refractivity contribution in [3.05, 3.63) is 29.3 Å². The summed E-state index contributed by atoms with van der Waals surface area (Å²) in [5, 5.41) is 3.26. The number of nitrogens with zero attached hydrogens (tertiary/aromatic N) is 1. The van der Waals surface area contributed by atoms with Crippen LogP contribution in [-0.4, -0.2) is 38.4 Å². The van der Waals surface area contributed by atoms with Crippen molar-refractivity contribution in [1.29, 1.82) is 0 Å². The van der Waals surface area contributed by atoms with Crippen LogP contribution >= 0.6 is 0 Å². The Balaban J connectivity index is 2.38. The molecule has 1 fully saturated rings. The van der Waals surface area contributed by atoms with E-state index in [0.29, 0.717) is 24.5 Å². The summed E-state index contributed by atoms with van der Waals surface area (Å²) in [6.07, 6.45) is 0. The van der Waals surface area contributed by atoms with Gasteiger partial charge in [-0.15, -0.1) is 0 Å². The molecule has 2 rings (SSSR count). The van der Waals surface area contributed by atoms with Gasteiger partial charge in [-0.05, 0) is 38.0 Å². The number of nitrogens with one attached hydrogen (secondary N) is 1. The molecule has 0 aliphatic carbocycles. The van der Waals surface area contributed by atoms with E-state index in [9.17, 15) is 8.42 Å². The number of piperazine rings is 1. The van der Waals surface area contributed by atoms with E-state index >= 15 is 0 Å². The molecule has 1 heterocycles. The van der Waals surface area contributed by atoms with Gasteiger partial charge in [0.1, 0.15) is 0 Å². The largest absolute Gasteiger partial charge is 0.312 e. The molecule has 1 aromatic rings. The van der Waals surface area contributed by atoms with Gasteiger partial charge in [0.25, 0.3) is 0 Å². The first-order valence-electron chi connectivity index (χ1n) is 6.22. The zero-order valence-electron chi connectivity index (χ0n) is 11.1. The molecular formula is C13H20N2O2S. The van der Waals surface area contributed by atoms with Crippen LogP contribution in [0.15, 0.2) is 23.1 Å². The van der Waals surface area contributed by atoms with E-state index in [1.165, 1.54) is 0 Å². The van der Waals surface area contributed by atoms with E-state index in [-0.39, 0.29) is 6.04 Å². The monoisotopic (exact) mass is 268 g/mol. The normalized spacial score (nSPS) is 22.1. The van der Waals surface area contributed by atoms with Gasteiger partial charge >= 0.3 is 0 Å². The average Bonchev–Trinajstić information content (AvgIpc) is 2.32. The molecular weight excluding hydrogens is 248 g/mol. The summed E-state index contributed by atoms with van der Waals surface area (Å²) in [5.74, 6) is 0. The number of rotatable bonds is 2. The highest BCUT2D eigenvalue weighted by Crippen LogP contribution is 2.22. The van der Waals surface area contributed by atoms with Crippen molar-refractivity contribution in [3.8, 4) is 0 Å². The van der Waals surface area contributed by atoms with Crippen LogP contribution in [-0.2, 0) is 10.0 Å². The maximum Gasteiger partial charge on any atom is 0.243 e. The Labute approximate surface area is 109 Å². The minimum Gasteiger partial charge on any atom is -0.312 e. The van der Waals surface area contributed by atoms with Gasteiger partial charge in [-0.3, -0.25) is 0 Å². The third-order valence-electron chi connectivity index (χ3n) is 3.29. The summed E-state index contributed by atoms with van der Waals surface area (Å²) < 4.78 is 26.8. The van der Waals surface area contributed by atoms with Crippen molar-refractivity contribution in [3.63, 3.8) is 0 Å². The highest BCUT2D eigenvalue weighted by Gasteiger charge is 2.29. The van der Waals surface area contributed by atoms with E-state index in [1.807, 2.05) is 32.9 Å². The van der Waals surface area contributed by atoms with Gasteiger partial charge in [-0.25, -0.2) is 8.42 Å². The topological polar surface area (TPSA) is 49.4 Å². The third-order valence-corrected chi connectivity index (χ3v) is 5.30. The van der Waals surface area contributed by atoms with Gasteiger partial charge < -0.3 is 5.32 Å². The summed E-state index contributed by atoms with van der Waals surface area (Å²) in [4.78, 5) is 0.441. The zero-order valence-corrected chi connectivity index (χ0v) is 11.9. The second-order valence-electron chi connectivity index (χ2n) is 4.99. The lowest BCUT2D eigenvalue weighted by Crippen LogP contribution is -2.51. The van der Waals surface area contributed by atoms with Crippen molar-refractivity contribution in [1.82, 2.24) is 9.62 Å². The molecule has 0 spiro atoms. The van der Waals surface area contributed by atoms with Gasteiger partial charge in [-0.1, -0.05) is 12.1 Å². The fourth-order valence-corrected chi connectivity index (χ4v) is 4.08. The van der Waals surface area contributed by atoms with E-state index in [4.69, 9.17) is 0 Å². The van der Waals surface area contributed by atoms with Crippen molar-refractivity contribution < 1.29 is 8.42 Å². The smallest absolute Gasteiger partial charge is 0.243 e. The van der Waals surface area contributed by atoms with Crippen molar-refractivity contribution in [2.24, 2.45) is 0 Å². The summed E-state index contributed by atoms with van der Waals surface area (Å²) in [5.41, 5.74) is 1.79. The summed E-state index contributed by atoms with van der Waals surface area (Å²) >= 11 is 0. The number of hydrogen-bond donors (Lipinski definition) is 1. The average molecular weight is 268 g/mol. The van der Waals surface area contributed by atoms with Gasteiger partial charge in [0.05, 0.1) is 4.90 Å². The van der Waals surface area contributed by atoms with Crippen LogP contribution in [0.5, 0.6) is 0 Å². The molecule has 1 aliphatic heterocycles. The van der Waals surface area contributed by atoms with E-state index in [1.54, 1.807) is 10.4 Å². The van der Waals surface area contributed by atoms with Crippen LogP contribution < -0.4 is 5.32 Å². The zero-order chi connectivity index (χ0) is 13.3. The second kappa shape index (κ2) is 4.99. The molecule has 1 saturated heterocycles. The molecule has 1 unspecified atom stereocenters. The van der Waals surface area contributed by atoms with Crippen molar-refractivity contribution >= 4 is 10.0 Å². The Morgan fingerprint density at radius 1 is 1.33 bits per heavy atom. The minimum absolute atomic E-state index is 0.207. The number of aryl methyl sites for hydroxylation is 2. The Morgan fingerprint density at radius 2 is 2.06 bits per heavy atom. The second-order valence-corrected chi connectivity index (χ2v) is 6.89. The molecule has 0 radical (unpaired) electrons. The van der Waals surface area contributed by atoms with Crippen LogP contribution in [0, 0.1) is 13.8 Å². The standard InChI is InChI=1S/C13H20N2O2S/c1-10-4-5-11(2)13(8-10)18(16,17)15-7-6-14-12(3)9-15/h4-5,8,12,14H,6-7,9H2,1-3H3. The van der Waals surface area contributed by atoms with Crippen LogP contribution in [0.3, 0.4) is 0 Å². The SMILES string of the molecule is Cc1ccc(C)c(S(=O)(=O)N2CCNC(C)C2)c1. The van der Waals surface area contributed by atoms with Gasteiger partial charge in [0.2, 0.25) is 10.0 Å². The molecule has 18 heavy (non-hydrogen) atoms. The molecule has 0 bridgehead atoms. The molecule has 5 heteroatoms. The summed E-state index contributed by atoms with van der Waals surface area (Å²) in [7, 11) is -3.35. The van der Waals surface area contributed by atoms with E-state index in [0.717, 1.165) is 11.1 Å². The van der Waals surface area contributed by atoms with Crippen LogP contribution in [0.1, 0.15) is 18.1 Å². The summed E-state index contributed by atoms with van der Waals surface area (Å²) in [6, 6.07) is 5.78. The third kappa shape index (κ3) is 2.58. The molecule has 100 valence electrons. The number of sulfonamides is 1. The van der Waals surface area contributed by atoms with Crippen molar-refractivity contribution in [2.75, 3.05) is 19.6 Å². The van der Waals surface area contributed by atoms with E-state index in [2.05, 4.69) is 5.32 Å². The predicted molar refractivity (Wildman–Crippen MR) is 72.1 cm³/mol. The maximum atomic E-state index is 12.6. The molecule has 4 nitrogen and oxygen atoms in total. The maximum absolute atomic E-state index is 12.6. The Morgan fingerprint density at radius 3 is 2.72 bits per heavy atom. The summed E-state index contributed by atoms with van der Waals surface area (Å²) in [6.45, 7) is 7.56. The fraction of sp³-hybridized carbons (Fsp3) is 0.538. The molecule has 0 amide bonds. The Bertz CT molecular complexity index is 540. The van der Waals surface area contributed by atoms with Crippen LogP contribution in [0.4, 0.5) is 0 Å². The molecule has 1 aromatic carbocycles. The van der Waals surface area contributed by atoms with Crippen LogP contribution in [0.2, 0.25) is 0 Å². The minimum atomic E-state index is -3.35. The van der Waals surface area contributed by atoms with E-state index < -0.39 is 10.0 Å². The van der Waals surface area contributed by atoms with Crippen molar-refractivity contribution in [2.45, 2.75) is 31.7 Å². The first-order valence-corrected chi connectivity index (χ1v) is 7.66. The quantitative estimate of drug-likeness (QED) is 0.879. The highest BCUT2D eigenvalue weighted by atomic mass is 32.2. The molecule has 1 atom stereocenters. The molecule has 0 saturated carbocycles. The van der Waals surface area contributed by atoms with Crippen LogP contribution in [0.25, 0.3) is 0 Å². The lowest BCUT2D eigenvalue weighted by molar-refractivity contribution is 0.310. The lowest BCUT2D eigenvalue weighted by atomic mass is 10.2. The van der Waals surface area contributed by atoms with Gasteiger partial charge in [-0.2, -0.15) is 4.31 Å². The Hall–Kier alpha value is -0.910. The molecule has 1 aliphatic rings. The van der Waals surface area contributed by atoms with Gasteiger partial charge in [0, 0.05) is 25.7 Å². The molecule has 0 aromatic heterocycles. The highest BCUT2D eigenvalue weighted by molar-refractivity contribution is 7.89. The lowest BCUT2D eigenvalue weighted by Gasteiger charge is -2.31. The first-order chi connectivity index (χ1) is 8.41. The first kappa shape index (κ1) is 13.5.